The van der Waals surface area contributed by atoms with Crippen molar-refractivity contribution < 1.29 is 4.79 Å². The van der Waals surface area contributed by atoms with Crippen LogP contribution in [0.1, 0.15) is 16.1 Å². The molecular formula is C23H19N3OS. The highest BCUT2D eigenvalue weighted by Gasteiger charge is 2.22. The lowest BCUT2D eigenvalue weighted by atomic mass is 10.1. The average molecular weight is 385 g/mol. The Kier molecular flexibility index (Phi) is 5.54. The zero-order chi connectivity index (χ0) is 19.2. The van der Waals surface area contributed by atoms with Crippen LogP contribution in [0.3, 0.4) is 0 Å². The molecule has 1 amide bonds. The van der Waals surface area contributed by atoms with Gasteiger partial charge in [0.2, 0.25) is 0 Å². The van der Waals surface area contributed by atoms with E-state index in [0.717, 1.165) is 17.7 Å². The van der Waals surface area contributed by atoms with Gasteiger partial charge in [-0.3, -0.25) is 14.7 Å². The van der Waals surface area contributed by atoms with Crippen molar-refractivity contribution in [2.75, 3.05) is 11.4 Å². The van der Waals surface area contributed by atoms with E-state index < -0.39 is 0 Å². The van der Waals surface area contributed by atoms with Crippen LogP contribution in [-0.4, -0.2) is 22.4 Å². The molecule has 0 aliphatic carbocycles. The van der Waals surface area contributed by atoms with Crippen molar-refractivity contribution in [3.63, 3.8) is 0 Å². The zero-order valence-electron chi connectivity index (χ0n) is 15.2. The minimum absolute atomic E-state index is 0.134. The van der Waals surface area contributed by atoms with Crippen molar-refractivity contribution in [1.82, 2.24) is 9.97 Å². The van der Waals surface area contributed by atoms with Crippen LogP contribution in [0.2, 0.25) is 0 Å². The van der Waals surface area contributed by atoms with Crippen LogP contribution < -0.4 is 4.90 Å². The monoisotopic (exact) mass is 385 g/mol. The molecule has 0 saturated carbocycles. The van der Waals surface area contributed by atoms with E-state index in [1.807, 2.05) is 66.0 Å². The summed E-state index contributed by atoms with van der Waals surface area (Å²) in [4.78, 5) is 23.8. The Morgan fingerprint density at radius 3 is 2.32 bits per heavy atom. The number of carbonyl (C=O) groups excluding carboxylic acids is 1. The number of benzene rings is 2. The Hall–Kier alpha value is -3.31. The molecule has 0 spiro atoms. The third-order valence-electron chi connectivity index (χ3n) is 4.39. The number of rotatable bonds is 6. The van der Waals surface area contributed by atoms with Crippen LogP contribution >= 0.6 is 11.3 Å². The highest BCUT2D eigenvalue weighted by atomic mass is 32.1. The van der Waals surface area contributed by atoms with Crippen molar-refractivity contribution in [2.45, 2.75) is 6.42 Å². The highest BCUT2D eigenvalue weighted by Crippen LogP contribution is 2.28. The van der Waals surface area contributed by atoms with Crippen molar-refractivity contribution in [1.29, 1.82) is 0 Å². The molecule has 2 aromatic heterocycles. The van der Waals surface area contributed by atoms with E-state index >= 15 is 0 Å². The van der Waals surface area contributed by atoms with Crippen molar-refractivity contribution in [3.8, 4) is 11.3 Å². The van der Waals surface area contributed by atoms with Gasteiger partial charge in [-0.15, -0.1) is 11.3 Å². The molecule has 0 aliphatic rings. The van der Waals surface area contributed by atoms with E-state index in [2.05, 4.69) is 17.1 Å². The van der Waals surface area contributed by atoms with Crippen LogP contribution in [0.4, 0.5) is 5.13 Å². The first-order valence-electron chi connectivity index (χ1n) is 9.09. The van der Waals surface area contributed by atoms with E-state index in [0.29, 0.717) is 17.4 Å². The number of pyridine rings is 1. The predicted molar refractivity (Wildman–Crippen MR) is 114 cm³/mol. The Bertz CT molecular complexity index is 1030. The second-order valence-corrected chi connectivity index (χ2v) is 7.13. The fourth-order valence-electron chi connectivity index (χ4n) is 2.93. The summed E-state index contributed by atoms with van der Waals surface area (Å²) >= 11 is 1.48. The first-order chi connectivity index (χ1) is 13.8. The van der Waals surface area contributed by atoms with Crippen LogP contribution in [0.5, 0.6) is 0 Å². The summed E-state index contributed by atoms with van der Waals surface area (Å²) in [5.74, 6) is -0.134. The van der Waals surface area contributed by atoms with Gasteiger partial charge in [-0.1, -0.05) is 66.7 Å². The Morgan fingerprint density at radius 1 is 0.893 bits per heavy atom. The molecule has 0 N–H and O–H groups in total. The van der Waals surface area contributed by atoms with Gasteiger partial charge in [0.1, 0.15) is 5.69 Å². The summed E-state index contributed by atoms with van der Waals surface area (Å²) in [5.41, 5.74) is 3.52. The van der Waals surface area contributed by atoms with Gasteiger partial charge < -0.3 is 0 Å². The highest BCUT2D eigenvalue weighted by molar-refractivity contribution is 7.14. The van der Waals surface area contributed by atoms with E-state index in [9.17, 15) is 4.79 Å². The van der Waals surface area contributed by atoms with Crippen LogP contribution in [-0.2, 0) is 6.42 Å². The number of hydrogen-bond acceptors (Lipinski definition) is 4. The molecule has 0 bridgehead atoms. The summed E-state index contributed by atoms with van der Waals surface area (Å²) in [7, 11) is 0. The van der Waals surface area contributed by atoms with Crippen molar-refractivity contribution in [2.24, 2.45) is 0 Å². The molecule has 28 heavy (non-hydrogen) atoms. The topological polar surface area (TPSA) is 46.1 Å². The molecule has 0 aliphatic heterocycles. The maximum Gasteiger partial charge on any atom is 0.278 e. The van der Waals surface area contributed by atoms with Crippen molar-refractivity contribution in [3.05, 3.63) is 102 Å². The molecule has 0 atom stereocenters. The third kappa shape index (κ3) is 4.15. The molecule has 2 aromatic carbocycles. The van der Waals surface area contributed by atoms with Gasteiger partial charge >= 0.3 is 0 Å². The SMILES string of the molecule is O=C(c1ccccn1)N(CCc1ccccc1)c1nc(-c2ccccc2)cs1. The smallest absolute Gasteiger partial charge is 0.278 e. The standard InChI is InChI=1S/C23H19N3OS/c27-22(20-13-7-8-15-24-20)26(16-14-18-9-3-1-4-10-18)23-25-21(17-28-23)19-11-5-2-6-12-19/h1-13,15,17H,14,16H2. The number of carbonyl (C=O) groups is 1. The Balaban J connectivity index is 1.63. The van der Waals surface area contributed by atoms with Crippen LogP contribution in [0, 0.1) is 0 Å². The number of nitrogens with zero attached hydrogens (tertiary/aromatic N) is 3. The summed E-state index contributed by atoms with van der Waals surface area (Å²) in [6.07, 6.45) is 2.39. The molecule has 0 radical (unpaired) electrons. The number of hydrogen-bond donors (Lipinski definition) is 0. The molecule has 0 fully saturated rings. The largest absolute Gasteiger partial charge is 0.282 e. The number of thiazole rings is 1. The number of aromatic nitrogens is 2. The van der Waals surface area contributed by atoms with Gasteiger partial charge in [0.15, 0.2) is 5.13 Å². The fourth-order valence-corrected chi connectivity index (χ4v) is 3.79. The van der Waals surface area contributed by atoms with Crippen LogP contribution in [0.25, 0.3) is 11.3 Å². The van der Waals surface area contributed by atoms with E-state index in [4.69, 9.17) is 4.98 Å². The predicted octanol–water partition coefficient (Wildman–Crippen LogP) is 5.09. The number of amides is 1. The summed E-state index contributed by atoms with van der Waals surface area (Å²) in [6, 6.07) is 25.5. The first-order valence-corrected chi connectivity index (χ1v) is 9.97. The molecule has 138 valence electrons. The molecule has 4 nitrogen and oxygen atoms in total. The van der Waals surface area contributed by atoms with Crippen molar-refractivity contribution >= 4 is 22.4 Å². The van der Waals surface area contributed by atoms with Gasteiger partial charge in [-0.25, -0.2) is 4.98 Å². The lowest BCUT2D eigenvalue weighted by Crippen LogP contribution is -2.33. The van der Waals surface area contributed by atoms with Gasteiger partial charge in [-0.2, -0.15) is 0 Å². The molecule has 2 heterocycles. The maximum absolute atomic E-state index is 13.1. The Morgan fingerprint density at radius 2 is 1.61 bits per heavy atom. The fraction of sp³-hybridized carbons (Fsp3) is 0.0870. The minimum atomic E-state index is -0.134. The molecule has 4 rings (SSSR count). The molecule has 0 saturated heterocycles. The van der Waals surface area contributed by atoms with Gasteiger partial charge in [0.05, 0.1) is 5.69 Å². The Labute approximate surface area is 168 Å². The molecular weight excluding hydrogens is 366 g/mol. The maximum atomic E-state index is 13.1. The molecule has 5 heteroatoms. The minimum Gasteiger partial charge on any atom is -0.282 e. The van der Waals surface area contributed by atoms with Gasteiger partial charge in [0, 0.05) is 23.7 Å². The lowest BCUT2D eigenvalue weighted by molar-refractivity contribution is 0.0982. The zero-order valence-corrected chi connectivity index (χ0v) is 16.0. The third-order valence-corrected chi connectivity index (χ3v) is 5.25. The van der Waals surface area contributed by atoms with E-state index in [1.54, 1.807) is 17.2 Å². The molecule has 4 aromatic rings. The normalized spacial score (nSPS) is 10.6. The second kappa shape index (κ2) is 8.59. The quantitative estimate of drug-likeness (QED) is 0.464. The summed E-state index contributed by atoms with van der Waals surface area (Å²) in [6.45, 7) is 0.543. The summed E-state index contributed by atoms with van der Waals surface area (Å²) in [5, 5.41) is 2.68. The summed E-state index contributed by atoms with van der Waals surface area (Å²) < 4.78 is 0. The number of anilines is 1. The van der Waals surface area contributed by atoms with Crippen LogP contribution in [0.15, 0.2) is 90.4 Å². The van der Waals surface area contributed by atoms with Gasteiger partial charge in [-0.05, 0) is 24.1 Å². The second-order valence-electron chi connectivity index (χ2n) is 6.29. The lowest BCUT2D eigenvalue weighted by Gasteiger charge is -2.19. The van der Waals surface area contributed by atoms with Gasteiger partial charge in [0.25, 0.3) is 5.91 Å². The van der Waals surface area contributed by atoms with E-state index in [-0.39, 0.29) is 5.91 Å². The first kappa shape index (κ1) is 18.1. The van der Waals surface area contributed by atoms with E-state index in [1.165, 1.54) is 16.9 Å². The molecule has 0 unspecified atom stereocenters. The average Bonchev–Trinajstić information content (AvgIpc) is 3.26.